The summed E-state index contributed by atoms with van der Waals surface area (Å²) in [6.45, 7) is 2.62. The molecule has 2 saturated heterocycles. The van der Waals surface area contributed by atoms with E-state index in [1.54, 1.807) is 36.7 Å². The summed E-state index contributed by atoms with van der Waals surface area (Å²) in [5.74, 6) is 0.218. The van der Waals surface area contributed by atoms with Gasteiger partial charge in [-0.15, -0.1) is 0 Å². The first-order valence-electron chi connectivity index (χ1n) is 8.81. The molecule has 0 aliphatic carbocycles. The van der Waals surface area contributed by atoms with Crippen molar-refractivity contribution in [3.05, 3.63) is 64.9 Å². The lowest BCUT2D eigenvalue weighted by atomic mass is 9.71. The maximum absolute atomic E-state index is 12.7. The van der Waals surface area contributed by atoms with Gasteiger partial charge in [-0.3, -0.25) is 14.6 Å². The monoisotopic (exact) mass is 369 g/mol. The number of benzene rings is 1. The summed E-state index contributed by atoms with van der Waals surface area (Å²) in [5.41, 5.74) is 1.41. The van der Waals surface area contributed by atoms with Crippen molar-refractivity contribution in [3.63, 3.8) is 0 Å². The van der Waals surface area contributed by atoms with E-state index in [2.05, 4.69) is 4.98 Å². The molecule has 1 aromatic heterocycles. The molecule has 0 unspecified atom stereocenters. The molecule has 1 aromatic carbocycles. The van der Waals surface area contributed by atoms with Crippen molar-refractivity contribution in [2.75, 3.05) is 19.6 Å². The van der Waals surface area contributed by atoms with Crippen LogP contribution in [0.25, 0.3) is 0 Å². The number of carbonyl (C=O) groups is 2. The number of aromatic nitrogens is 1. The zero-order chi connectivity index (χ0) is 18.1. The summed E-state index contributed by atoms with van der Waals surface area (Å²) in [5, 5.41) is 0.618. The summed E-state index contributed by atoms with van der Waals surface area (Å²) >= 11 is 5.88. The van der Waals surface area contributed by atoms with E-state index in [-0.39, 0.29) is 17.2 Å². The van der Waals surface area contributed by atoms with E-state index in [4.69, 9.17) is 11.6 Å². The highest BCUT2D eigenvalue weighted by atomic mass is 35.5. The van der Waals surface area contributed by atoms with Crippen LogP contribution in [0, 0.1) is 5.41 Å². The summed E-state index contributed by atoms with van der Waals surface area (Å²) < 4.78 is 0. The van der Waals surface area contributed by atoms with Gasteiger partial charge in [0, 0.05) is 49.2 Å². The van der Waals surface area contributed by atoms with Gasteiger partial charge in [-0.2, -0.15) is 0 Å². The number of pyridine rings is 1. The number of amides is 2. The van der Waals surface area contributed by atoms with Crippen LogP contribution in [0.1, 0.15) is 28.8 Å². The molecule has 2 aliphatic heterocycles. The third-order valence-electron chi connectivity index (χ3n) is 5.43. The van der Waals surface area contributed by atoms with Gasteiger partial charge >= 0.3 is 0 Å². The minimum absolute atomic E-state index is 0.00973. The molecule has 26 heavy (non-hydrogen) atoms. The van der Waals surface area contributed by atoms with E-state index in [1.807, 2.05) is 21.9 Å². The second-order valence-electron chi connectivity index (χ2n) is 7.10. The second kappa shape index (κ2) is 6.72. The zero-order valence-corrected chi connectivity index (χ0v) is 15.2. The maximum Gasteiger partial charge on any atom is 0.253 e. The van der Waals surface area contributed by atoms with Gasteiger partial charge in [-0.1, -0.05) is 17.7 Å². The Balaban J connectivity index is 1.34. The van der Waals surface area contributed by atoms with Gasteiger partial charge < -0.3 is 9.80 Å². The molecule has 0 radical (unpaired) electrons. The summed E-state index contributed by atoms with van der Waals surface area (Å²) in [7, 11) is 0. The highest BCUT2D eigenvalue weighted by Crippen LogP contribution is 2.42. The highest BCUT2D eigenvalue weighted by molar-refractivity contribution is 6.30. The van der Waals surface area contributed by atoms with E-state index < -0.39 is 0 Å². The third-order valence-corrected chi connectivity index (χ3v) is 5.68. The Bertz CT molecular complexity index is 815. The van der Waals surface area contributed by atoms with E-state index in [1.165, 1.54) is 0 Å². The van der Waals surface area contributed by atoms with Gasteiger partial charge in [0.1, 0.15) is 0 Å². The van der Waals surface area contributed by atoms with Crippen LogP contribution in [0.3, 0.4) is 0 Å². The molecule has 2 aliphatic rings. The average molecular weight is 370 g/mol. The zero-order valence-electron chi connectivity index (χ0n) is 14.4. The van der Waals surface area contributed by atoms with Crippen molar-refractivity contribution in [1.29, 1.82) is 0 Å². The molecule has 0 atom stereocenters. The summed E-state index contributed by atoms with van der Waals surface area (Å²) in [4.78, 5) is 33.1. The number of halogens is 1. The predicted molar refractivity (Wildman–Crippen MR) is 98.7 cm³/mol. The van der Waals surface area contributed by atoms with Crippen molar-refractivity contribution >= 4 is 23.4 Å². The molecule has 0 saturated carbocycles. The fourth-order valence-corrected chi connectivity index (χ4v) is 4.00. The molecule has 2 fully saturated rings. The lowest BCUT2D eigenvalue weighted by Crippen LogP contribution is -2.64. The predicted octanol–water partition coefficient (Wildman–Crippen LogP) is 3.00. The van der Waals surface area contributed by atoms with Crippen molar-refractivity contribution in [1.82, 2.24) is 14.8 Å². The molecule has 0 N–H and O–H groups in total. The minimum Gasteiger partial charge on any atom is -0.339 e. The number of likely N-dealkylation sites (tertiary alicyclic amines) is 2. The lowest BCUT2D eigenvalue weighted by Gasteiger charge is -2.52. The Labute approximate surface area is 157 Å². The SMILES string of the molecule is O=C(c1ccc(Cl)cc1)N1CCC2(CC1)CN(Cc1cccnc1)C2=O. The van der Waals surface area contributed by atoms with Crippen LogP contribution >= 0.6 is 11.6 Å². The van der Waals surface area contributed by atoms with Gasteiger partial charge in [0.15, 0.2) is 0 Å². The first-order valence-corrected chi connectivity index (χ1v) is 9.18. The molecular weight excluding hydrogens is 350 g/mol. The van der Waals surface area contributed by atoms with Crippen molar-refractivity contribution < 1.29 is 9.59 Å². The van der Waals surface area contributed by atoms with Gasteiger partial charge in [-0.25, -0.2) is 0 Å². The Hall–Kier alpha value is -2.40. The Morgan fingerprint density at radius 1 is 1.15 bits per heavy atom. The Morgan fingerprint density at radius 3 is 2.50 bits per heavy atom. The third kappa shape index (κ3) is 3.07. The first-order chi connectivity index (χ1) is 12.6. The standard InChI is InChI=1S/C20H20ClN3O2/c21-17-5-3-16(4-6-17)18(25)23-10-7-20(8-11-23)14-24(19(20)26)13-15-2-1-9-22-12-15/h1-6,9,12H,7-8,10-11,13-14H2. The molecule has 3 heterocycles. The molecule has 134 valence electrons. The quantitative estimate of drug-likeness (QED) is 0.781. The van der Waals surface area contributed by atoms with Crippen LogP contribution in [-0.4, -0.2) is 46.2 Å². The second-order valence-corrected chi connectivity index (χ2v) is 7.54. The Morgan fingerprint density at radius 2 is 1.88 bits per heavy atom. The fourth-order valence-electron chi connectivity index (χ4n) is 3.87. The van der Waals surface area contributed by atoms with Gasteiger partial charge in [0.25, 0.3) is 5.91 Å². The number of hydrogen-bond acceptors (Lipinski definition) is 3. The molecule has 4 rings (SSSR count). The van der Waals surface area contributed by atoms with Gasteiger partial charge in [0.2, 0.25) is 5.91 Å². The average Bonchev–Trinajstić information content (AvgIpc) is 2.69. The normalized spacial score (nSPS) is 18.7. The molecule has 1 spiro atoms. The highest BCUT2D eigenvalue weighted by Gasteiger charge is 2.53. The fraction of sp³-hybridized carbons (Fsp3) is 0.350. The topological polar surface area (TPSA) is 53.5 Å². The number of rotatable bonds is 3. The minimum atomic E-state index is -0.279. The van der Waals surface area contributed by atoms with Crippen LogP contribution in [0.2, 0.25) is 5.02 Å². The van der Waals surface area contributed by atoms with Gasteiger partial charge in [0.05, 0.1) is 5.41 Å². The number of carbonyl (C=O) groups excluding carboxylic acids is 2. The van der Waals surface area contributed by atoms with E-state index in [0.717, 1.165) is 24.9 Å². The summed E-state index contributed by atoms with van der Waals surface area (Å²) in [6, 6.07) is 10.8. The lowest BCUT2D eigenvalue weighted by molar-refractivity contribution is -0.165. The van der Waals surface area contributed by atoms with Crippen LogP contribution < -0.4 is 0 Å². The molecule has 0 bridgehead atoms. The van der Waals surface area contributed by atoms with E-state index in [9.17, 15) is 9.59 Å². The molecule has 6 heteroatoms. The number of piperidine rings is 1. The smallest absolute Gasteiger partial charge is 0.253 e. The van der Waals surface area contributed by atoms with Crippen LogP contribution in [0.15, 0.2) is 48.8 Å². The van der Waals surface area contributed by atoms with E-state index in [0.29, 0.717) is 30.2 Å². The van der Waals surface area contributed by atoms with Crippen molar-refractivity contribution in [3.8, 4) is 0 Å². The van der Waals surface area contributed by atoms with Gasteiger partial charge in [-0.05, 0) is 48.7 Å². The number of nitrogens with zero attached hydrogens (tertiary/aromatic N) is 3. The Kier molecular flexibility index (Phi) is 4.41. The largest absolute Gasteiger partial charge is 0.339 e. The maximum atomic E-state index is 12.7. The summed E-state index contributed by atoms with van der Waals surface area (Å²) in [6.07, 6.45) is 4.99. The van der Waals surface area contributed by atoms with Crippen LogP contribution in [-0.2, 0) is 11.3 Å². The van der Waals surface area contributed by atoms with Crippen molar-refractivity contribution in [2.45, 2.75) is 19.4 Å². The molecule has 2 aromatic rings. The number of hydrogen-bond donors (Lipinski definition) is 0. The molecule has 2 amide bonds. The van der Waals surface area contributed by atoms with E-state index >= 15 is 0 Å². The molecule has 5 nitrogen and oxygen atoms in total. The number of β-lactam (4-membered cyclic amide) rings is 1. The molecular formula is C20H20ClN3O2. The van der Waals surface area contributed by atoms with Crippen LogP contribution in [0.4, 0.5) is 0 Å². The first kappa shape index (κ1) is 17.0. The van der Waals surface area contributed by atoms with Crippen LogP contribution in [0.5, 0.6) is 0 Å². The van der Waals surface area contributed by atoms with Crippen molar-refractivity contribution in [2.24, 2.45) is 5.41 Å².